The molecule has 2 aromatic rings. The third-order valence-electron chi connectivity index (χ3n) is 4.25. The number of hydrazine groups is 1. The number of anilines is 1. The number of ether oxygens (including phenoxy) is 2. The van der Waals surface area contributed by atoms with Gasteiger partial charge in [0, 0.05) is 6.54 Å². The van der Waals surface area contributed by atoms with Gasteiger partial charge in [-0.1, -0.05) is 24.3 Å². The first-order valence-electron chi connectivity index (χ1n) is 8.42. The zero-order valence-electron chi connectivity index (χ0n) is 14.7. The maximum atomic E-state index is 13.5. The highest BCUT2D eigenvalue weighted by Gasteiger charge is 2.35. The van der Waals surface area contributed by atoms with Gasteiger partial charge in [-0.3, -0.25) is 15.0 Å². The molecule has 1 aliphatic rings. The lowest BCUT2D eigenvalue weighted by molar-refractivity contribution is -0.151. The van der Waals surface area contributed by atoms with Crippen LogP contribution in [-0.4, -0.2) is 32.1 Å². The Bertz CT molecular complexity index is 813. The summed E-state index contributed by atoms with van der Waals surface area (Å²) in [5, 5.41) is 2.38. The summed E-state index contributed by atoms with van der Waals surface area (Å²) < 4.78 is 23.8. The lowest BCUT2D eigenvalue weighted by Crippen LogP contribution is -2.29. The fourth-order valence-electron chi connectivity index (χ4n) is 2.84. The number of carbonyl (C=O) groups excluding carboxylic acids is 2. The second-order valence-corrected chi connectivity index (χ2v) is 6.02. The Morgan fingerprint density at radius 2 is 1.93 bits per heavy atom. The number of esters is 1. The van der Waals surface area contributed by atoms with Crippen LogP contribution < -0.4 is 20.9 Å². The van der Waals surface area contributed by atoms with Gasteiger partial charge >= 0.3 is 5.97 Å². The number of hydrogen-bond acceptors (Lipinski definition) is 6. The van der Waals surface area contributed by atoms with E-state index in [-0.39, 0.29) is 11.7 Å². The number of halogens is 1. The summed E-state index contributed by atoms with van der Waals surface area (Å²) >= 11 is 0. The SMILES string of the molecule is COc1ccc(C2NNCC2C(=O)OCC(=O)Nc2ccccc2F)cc1. The highest BCUT2D eigenvalue weighted by Crippen LogP contribution is 2.27. The molecule has 1 saturated heterocycles. The summed E-state index contributed by atoms with van der Waals surface area (Å²) in [4.78, 5) is 24.3. The van der Waals surface area contributed by atoms with Crippen LogP contribution >= 0.6 is 0 Å². The minimum absolute atomic E-state index is 0.0406. The van der Waals surface area contributed by atoms with Crippen molar-refractivity contribution in [3.63, 3.8) is 0 Å². The van der Waals surface area contributed by atoms with Gasteiger partial charge in [0.15, 0.2) is 6.61 Å². The molecule has 7 nitrogen and oxygen atoms in total. The van der Waals surface area contributed by atoms with Crippen molar-refractivity contribution < 1.29 is 23.5 Å². The van der Waals surface area contributed by atoms with Crippen molar-refractivity contribution >= 4 is 17.6 Å². The van der Waals surface area contributed by atoms with E-state index in [4.69, 9.17) is 9.47 Å². The molecule has 1 fully saturated rings. The number of benzene rings is 2. The first-order valence-corrected chi connectivity index (χ1v) is 8.42. The molecule has 8 heteroatoms. The maximum absolute atomic E-state index is 13.5. The molecule has 2 atom stereocenters. The van der Waals surface area contributed by atoms with Gasteiger partial charge in [0.05, 0.1) is 24.8 Å². The van der Waals surface area contributed by atoms with Crippen LogP contribution in [0.25, 0.3) is 0 Å². The van der Waals surface area contributed by atoms with Crippen LogP contribution in [0.4, 0.5) is 10.1 Å². The maximum Gasteiger partial charge on any atom is 0.312 e. The lowest BCUT2D eigenvalue weighted by atomic mass is 9.95. The molecule has 0 aliphatic carbocycles. The topological polar surface area (TPSA) is 88.7 Å². The Morgan fingerprint density at radius 3 is 2.63 bits per heavy atom. The van der Waals surface area contributed by atoms with Crippen molar-refractivity contribution in [2.24, 2.45) is 5.92 Å². The summed E-state index contributed by atoms with van der Waals surface area (Å²) in [7, 11) is 1.58. The average molecular weight is 373 g/mol. The average Bonchev–Trinajstić information content (AvgIpc) is 3.18. The van der Waals surface area contributed by atoms with Gasteiger partial charge in [-0.25, -0.2) is 9.82 Å². The molecule has 27 heavy (non-hydrogen) atoms. The van der Waals surface area contributed by atoms with E-state index in [1.807, 2.05) is 12.1 Å². The third kappa shape index (κ3) is 4.60. The Balaban J connectivity index is 1.56. The quantitative estimate of drug-likeness (QED) is 0.669. The molecule has 1 aliphatic heterocycles. The molecule has 3 N–H and O–H groups in total. The van der Waals surface area contributed by atoms with Gasteiger partial charge in [0.2, 0.25) is 0 Å². The van der Waals surface area contributed by atoms with Crippen molar-refractivity contribution in [1.29, 1.82) is 0 Å². The van der Waals surface area contributed by atoms with Crippen LogP contribution in [-0.2, 0) is 14.3 Å². The molecule has 1 amide bonds. The number of carbonyl (C=O) groups is 2. The van der Waals surface area contributed by atoms with E-state index < -0.39 is 30.2 Å². The second-order valence-electron chi connectivity index (χ2n) is 6.02. The van der Waals surface area contributed by atoms with Crippen LogP contribution in [0.1, 0.15) is 11.6 Å². The van der Waals surface area contributed by atoms with Gasteiger partial charge in [-0.15, -0.1) is 0 Å². The highest BCUT2D eigenvalue weighted by molar-refractivity contribution is 5.93. The number of nitrogens with one attached hydrogen (secondary N) is 3. The first-order chi connectivity index (χ1) is 13.1. The summed E-state index contributed by atoms with van der Waals surface area (Å²) in [5.74, 6) is -1.46. The van der Waals surface area contributed by atoms with Crippen LogP contribution in [0.3, 0.4) is 0 Å². The molecule has 1 heterocycles. The van der Waals surface area contributed by atoms with Gasteiger partial charge in [-0.2, -0.15) is 0 Å². The van der Waals surface area contributed by atoms with Crippen LogP contribution in [0.2, 0.25) is 0 Å². The van der Waals surface area contributed by atoms with Crippen molar-refractivity contribution in [2.45, 2.75) is 6.04 Å². The molecular formula is C19H20FN3O4. The van der Waals surface area contributed by atoms with Crippen molar-refractivity contribution in [2.75, 3.05) is 25.6 Å². The Labute approximate surface area is 155 Å². The predicted octanol–water partition coefficient (Wildman–Crippen LogP) is 1.78. The fraction of sp³-hybridized carbons (Fsp3) is 0.263. The third-order valence-corrected chi connectivity index (χ3v) is 4.25. The Hall–Kier alpha value is -2.97. The molecule has 0 bridgehead atoms. The molecule has 0 aromatic heterocycles. The number of rotatable bonds is 6. The van der Waals surface area contributed by atoms with Crippen LogP contribution in [0.15, 0.2) is 48.5 Å². The van der Waals surface area contributed by atoms with E-state index in [2.05, 4.69) is 16.2 Å². The lowest BCUT2D eigenvalue weighted by Gasteiger charge is -2.18. The monoisotopic (exact) mass is 373 g/mol. The summed E-state index contributed by atoms with van der Waals surface area (Å²) in [6, 6.07) is 12.8. The number of para-hydroxylation sites is 1. The summed E-state index contributed by atoms with van der Waals surface area (Å²) in [5.41, 5.74) is 6.90. The van der Waals surface area contributed by atoms with Crippen LogP contribution in [0.5, 0.6) is 5.75 Å². The summed E-state index contributed by atoms with van der Waals surface area (Å²) in [6.45, 7) is -0.122. The van der Waals surface area contributed by atoms with Crippen molar-refractivity contribution in [1.82, 2.24) is 10.9 Å². The first kappa shape index (κ1) is 18.8. The second kappa shape index (κ2) is 8.61. The van der Waals surface area contributed by atoms with Crippen LogP contribution in [0, 0.1) is 11.7 Å². The smallest absolute Gasteiger partial charge is 0.312 e. The molecule has 0 saturated carbocycles. The van der Waals surface area contributed by atoms with Gasteiger partial charge < -0.3 is 14.8 Å². The number of amides is 1. The molecule has 2 aromatic carbocycles. The molecular weight excluding hydrogens is 353 g/mol. The Morgan fingerprint density at radius 1 is 1.19 bits per heavy atom. The van der Waals surface area contributed by atoms with E-state index >= 15 is 0 Å². The highest BCUT2D eigenvalue weighted by atomic mass is 19.1. The molecule has 2 unspecified atom stereocenters. The van der Waals surface area contributed by atoms with Gasteiger partial charge in [0.1, 0.15) is 11.6 Å². The molecule has 3 rings (SSSR count). The zero-order valence-corrected chi connectivity index (χ0v) is 14.7. The van der Waals surface area contributed by atoms with Crippen molar-refractivity contribution in [3.8, 4) is 5.75 Å². The van der Waals surface area contributed by atoms with E-state index in [0.29, 0.717) is 12.3 Å². The molecule has 0 radical (unpaired) electrons. The summed E-state index contributed by atoms with van der Waals surface area (Å²) in [6.07, 6.45) is 0. The van der Waals surface area contributed by atoms with E-state index in [1.54, 1.807) is 25.3 Å². The van der Waals surface area contributed by atoms with Gasteiger partial charge in [-0.05, 0) is 29.8 Å². The van der Waals surface area contributed by atoms with Gasteiger partial charge in [0.25, 0.3) is 5.91 Å². The van der Waals surface area contributed by atoms with E-state index in [0.717, 1.165) is 5.56 Å². The normalized spacial score (nSPS) is 18.7. The van der Waals surface area contributed by atoms with E-state index in [9.17, 15) is 14.0 Å². The molecule has 142 valence electrons. The van der Waals surface area contributed by atoms with E-state index in [1.165, 1.54) is 18.2 Å². The number of methoxy groups -OCH3 is 1. The fourth-order valence-corrected chi connectivity index (χ4v) is 2.84. The van der Waals surface area contributed by atoms with Crippen molar-refractivity contribution in [3.05, 3.63) is 59.9 Å². The zero-order chi connectivity index (χ0) is 19.2. The standard InChI is InChI=1S/C19H20FN3O4/c1-26-13-8-6-12(7-9-13)18-14(10-21-23-18)19(25)27-11-17(24)22-16-5-3-2-4-15(16)20/h2-9,14,18,21,23H,10-11H2,1H3,(H,22,24). The predicted molar refractivity (Wildman–Crippen MR) is 96.4 cm³/mol. The minimum atomic E-state index is -0.603. The largest absolute Gasteiger partial charge is 0.497 e. The Kier molecular flexibility index (Phi) is 6.00. The number of hydrogen-bond donors (Lipinski definition) is 3. The minimum Gasteiger partial charge on any atom is -0.497 e. The molecule has 0 spiro atoms.